The molecule has 0 radical (unpaired) electrons. The summed E-state index contributed by atoms with van der Waals surface area (Å²) in [7, 11) is 0. The zero-order valence-electron chi connectivity index (χ0n) is 9.15. The van der Waals surface area contributed by atoms with Crippen LogP contribution >= 0.6 is 0 Å². The van der Waals surface area contributed by atoms with Gasteiger partial charge in [-0.25, -0.2) is 0 Å². The molecule has 0 bridgehead atoms. The van der Waals surface area contributed by atoms with E-state index in [0.717, 1.165) is 12.5 Å². The lowest BCUT2D eigenvalue weighted by atomic mass is 9.85. The molecule has 80 valence electrons. The third-order valence-corrected chi connectivity index (χ3v) is 3.25. The fourth-order valence-corrected chi connectivity index (χ4v) is 2.21. The zero-order chi connectivity index (χ0) is 10.5. The molecular formula is C14H19N. The second-order valence-corrected chi connectivity index (χ2v) is 4.39. The van der Waals surface area contributed by atoms with Gasteiger partial charge in [-0.1, -0.05) is 42.0 Å². The maximum Gasteiger partial charge on any atom is -0.00486 e. The first kappa shape index (κ1) is 10.4. The van der Waals surface area contributed by atoms with Crippen LogP contribution in [-0.4, -0.2) is 6.54 Å². The lowest BCUT2D eigenvalue weighted by Crippen LogP contribution is -2.17. The second kappa shape index (κ2) is 5.13. The Kier molecular flexibility index (Phi) is 3.57. The van der Waals surface area contributed by atoms with Gasteiger partial charge in [0.2, 0.25) is 0 Å². The van der Waals surface area contributed by atoms with Crippen LogP contribution in [0.15, 0.2) is 35.9 Å². The molecule has 2 rings (SSSR count). The van der Waals surface area contributed by atoms with Gasteiger partial charge >= 0.3 is 0 Å². The highest BCUT2D eigenvalue weighted by atomic mass is 14.5. The van der Waals surface area contributed by atoms with Gasteiger partial charge in [-0.2, -0.15) is 0 Å². The third kappa shape index (κ3) is 2.93. The molecule has 1 aliphatic carbocycles. The van der Waals surface area contributed by atoms with E-state index < -0.39 is 0 Å². The van der Waals surface area contributed by atoms with Crippen LogP contribution in [0.1, 0.15) is 31.2 Å². The molecule has 0 unspecified atom stereocenters. The van der Waals surface area contributed by atoms with Crippen molar-refractivity contribution in [2.45, 2.75) is 25.7 Å². The summed E-state index contributed by atoms with van der Waals surface area (Å²) >= 11 is 0. The summed E-state index contributed by atoms with van der Waals surface area (Å²) < 4.78 is 0. The highest BCUT2D eigenvalue weighted by Crippen LogP contribution is 2.28. The van der Waals surface area contributed by atoms with E-state index in [9.17, 15) is 0 Å². The van der Waals surface area contributed by atoms with Crippen LogP contribution in [0.2, 0.25) is 0 Å². The molecule has 0 aliphatic heterocycles. The number of hydrogen-bond donors (Lipinski definition) is 1. The lowest BCUT2D eigenvalue weighted by molar-refractivity contribution is 0.420. The Morgan fingerprint density at radius 3 is 2.40 bits per heavy atom. The second-order valence-electron chi connectivity index (χ2n) is 4.39. The van der Waals surface area contributed by atoms with Crippen LogP contribution in [0.5, 0.6) is 0 Å². The Balaban J connectivity index is 1.98. The SMILES string of the molecule is NCC1CCC(=Cc2ccccc2)CC1. The Labute approximate surface area is 92.0 Å². The van der Waals surface area contributed by atoms with Crippen molar-refractivity contribution in [3.05, 3.63) is 41.5 Å². The third-order valence-electron chi connectivity index (χ3n) is 3.25. The number of rotatable bonds is 2. The molecule has 0 heterocycles. The van der Waals surface area contributed by atoms with Gasteiger partial charge in [0, 0.05) is 0 Å². The van der Waals surface area contributed by atoms with Gasteiger partial charge in [-0.15, -0.1) is 0 Å². The summed E-state index contributed by atoms with van der Waals surface area (Å²) in [5.74, 6) is 0.762. The lowest BCUT2D eigenvalue weighted by Gasteiger charge is -2.22. The van der Waals surface area contributed by atoms with Gasteiger partial charge in [0.15, 0.2) is 0 Å². The van der Waals surface area contributed by atoms with Crippen molar-refractivity contribution < 1.29 is 0 Å². The number of hydrogen-bond acceptors (Lipinski definition) is 1. The summed E-state index contributed by atoms with van der Waals surface area (Å²) in [5, 5.41) is 0. The van der Waals surface area contributed by atoms with E-state index in [2.05, 4.69) is 36.4 Å². The monoisotopic (exact) mass is 201 g/mol. The van der Waals surface area contributed by atoms with Crippen molar-refractivity contribution in [2.24, 2.45) is 11.7 Å². The molecule has 1 aliphatic rings. The first-order chi connectivity index (χ1) is 7.38. The van der Waals surface area contributed by atoms with E-state index in [0.29, 0.717) is 0 Å². The van der Waals surface area contributed by atoms with E-state index in [-0.39, 0.29) is 0 Å². The Bertz CT molecular complexity index is 316. The van der Waals surface area contributed by atoms with Crippen molar-refractivity contribution >= 4 is 6.08 Å². The number of nitrogens with two attached hydrogens (primary N) is 1. The van der Waals surface area contributed by atoms with Crippen LogP contribution in [-0.2, 0) is 0 Å². The van der Waals surface area contributed by atoms with Crippen LogP contribution in [0.3, 0.4) is 0 Å². The zero-order valence-corrected chi connectivity index (χ0v) is 9.15. The summed E-state index contributed by atoms with van der Waals surface area (Å²) in [6.07, 6.45) is 7.35. The van der Waals surface area contributed by atoms with E-state index in [1.165, 1.54) is 31.2 Å². The Morgan fingerprint density at radius 1 is 1.13 bits per heavy atom. The molecule has 0 saturated heterocycles. The smallest absolute Gasteiger partial charge is 0.00486 e. The number of benzene rings is 1. The fraction of sp³-hybridized carbons (Fsp3) is 0.429. The number of allylic oxidation sites excluding steroid dienone is 1. The van der Waals surface area contributed by atoms with Crippen molar-refractivity contribution in [2.75, 3.05) is 6.54 Å². The van der Waals surface area contributed by atoms with Crippen molar-refractivity contribution in [3.8, 4) is 0 Å². The molecule has 2 N–H and O–H groups in total. The first-order valence-electron chi connectivity index (χ1n) is 5.83. The van der Waals surface area contributed by atoms with E-state index in [1.54, 1.807) is 5.57 Å². The first-order valence-corrected chi connectivity index (χ1v) is 5.83. The maximum absolute atomic E-state index is 5.68. The maximum atomic E-state index is 5.68. The standard InChI is InChI=1S/C14H19N/c15-11-14-8-6-13(7-9-14)10-12-4-2-1-3-5-12/h1-5,10,14H,6-9,11,15H2. The molecule has 1 fully saturated rings. The summed E-state index contributed by atoms with van der Waals surface area (Å²) in [6, 6.07) is 10.6. The van der Waals surface area contributed by atoms with Gasteiger partial charge in [0.1, 0.15) is 0 Å². The Hall–Kier alpha value is -1.08. The van der Waals surface area contributed by atoms with Crippen molar-refractivity contribution in [3.63, 3.8) is 0 Å². The highest BCUT2D eigenvalue weighted by Gasteiger charge is 2.14. The highest BCUT2D eigenvalue weighted by molar-refractivity contribution is 5.52. The van der Waals surface area contributed by atoms with Gasteiger partial charge in [0.25, 0.3) is 0 Å². The van der Waals surface area contributed by atoms with Gasteiger partial charge in [0.05, 0.1) is 0 Å². The summed E-state index contributed by atoms with van der Waals surface area (Å²) in [6.45, 7) is 0.860. The minimum atomic E-state index is 0.762. The van der Waals surface area contributed by atoms with Gasteiger partial charge in [-0.3, -0.25) is 0 Å². The molecule has 0 amide bonds. The van der Waals surface area contributed by atoms with Crippen LogP contribution in [0.4, 0.5) is 0 Å². The molecular weight excluding hydrogens is 182 g/mol. The molecule has 1 heteroatoms. The molecule has 0 aromatic heterocycles. The topological polar surface area (TPSA) is 26.0 Å². The van der Waals surface area contributed by atoms with E-state index in [4.69, 9.17) is 5.73 Å². The molecule has 0 atom stereocenters. The fourth-order valence-electron chi connectivity index (χ4n) is 2.21. The summed E-state index contributed by atoms with van der Waals surface area (Å²) in [4.78, 5) is 0. The molecule has 0 spiro atoms. The predicted octanol–water partition coefficient (Wildman–Crippen LogP) is 3.22. The normalized spacial score (nSPS) is 21.4. The molecule has 1 aromatic rings. The molecule has 1 aromatic carbocycles. The van der Waals surface area contributed by atoms with E-state index in [1.807, 2.05) is 0 Å². The van der Waals surface area contributed by atoms with Gasteiger partial charge in [-0.05, 0) is 43.7 Å². The van der Waals surface area contributed by atoms with Crippen LogP contribution in [0, 0.1) is 5.92 Å². The van der Waals surface area contributed by atoms with E-state index >= 15 is 0 Å². The quantitative estimate of drug-likeness (QED) is 0.781. The Morgan fingerprint density at radius 2 is 1.80 bits per heavy atom. The summed E-state index contributed by atoms with van der Waals surface area (Å²) in [5.41, 5.74) is 8.60. The minimum Gasteiger partial charge on any atom is -0.330 e. The van der Waals surface area contributed by atoms with Crippen molar-refractivity contribution in [1.29, 1.82) is 0 Å². The molecule has 15 heavy (non-hydrogen) atoms. The average molecular weight is 201 g/mol. The average Bonchev–Trinajstić information content (AvgIpc) is 2.31. The predicted molar refractivity (Wildman–Crippen MR) is 65.4 cm³/mol. The van der Waals surface area contributed by atoms with Crippen LogP contribution < -0.4 is 5.73 Å². The minimum absolute atomic E-state index is 0.762. The van der Waals surface area contributed by atoms with Gasteiger partial charge < -0.3 is 5.73 Å². The largest absolute Gasteiger partial charge is 0.330 e. The van der Waals surface area contributed by atoms with Crippen molar-refractivity contribution in [1.82, 2.24) is 0 Å². The molecule has 1 saturated carbocycles. The van der Waals surface area contributed by atoms with Crippen LogP contribution in [0.25, 0.3) is 6.08 Å². The molecule has 1 nitrogen and oxygen atoms in total.